The third-order valence-electron chi connectivity index (χ3n) is 1.46. The quantitative estimate of drug-likeness (QED) is 0.358. The third-order valence-corrected chi connectivity index (χ3v) is 1.46. The van der Waals surface area contributed by atoms with E-state index in [4.69, 9.17) is 0 Å². The molecule has 84 valence electrons. The predicted octanol–water partition coefficient (Wildman–Crippen LogP) is 3.02. The average molecular weight is 233 g/mol. The van der Waals surface area contributed by atoms with E-state index in [0.717, 1.165) is 5.32 Å². The van der Waals surface area contributed by atoms with Crippen molar-refractivity contribution in [2.45, 2.75) is 6.55 Å². The summed E-state index contributed by atoms with van der Waals surface area (Å²) in [5.41, 5.74) is -1.75. The summed E-state index contributed by atoms with van der Waals surface area (Å²) in [5.74, 6) is -11.6. The summed E-state index contributed by atoms with van der Waals surface area (Å²) in [6.07, 6.45) is 0. The summed E-state index contributed by atoms with van der Waals surface area (Å²) in [5, 5.41) is 0.820. The molecule has 0 fully saturated rings. The summed E-state index contributed by atoms with van der Waals surface area (Å²) in [6.45, 7) is -3.45. The molecule has 0 atom stereocenters. The minimum absolute atomic E-state index is 0.820. The van der Waals surface area contributed by atoms with Crippen molar-refractivity contribution in [1.29, 1.82) is 0 Å². The zero-order chi connectivity index (χ0) is 11.7. The molecule has 0 aliphatic rings. The summed E-state index contributed by atoms with van der Waals surface area (Å²) < 4.78 is 85.8. The Labute approximate surface area is 78.5 Å². The van der Waals surface area contributed by atoms with E-state index in [2.05, 4.69) is 0 Å². The number of alkyl halides is 2. The summed E-state index contributed by atoms with van der Waals surface area (Å²) in [7, 11) is 0. The fraction of sp³-hybridized carbons (Fsp3) is 0.143. The van der Waals surface area contributed by atoms with Crippen LogP contribution in [0.15, 0.2) is 0 Å². The van der Waals surface area contributed by atoms with Gasteiger partial charge in [-0.25, -0.2) is 22.0 Å². The van der Waals surface area contributed by atoms with Crippen molar-refractivity contribution in [1.82, 2.24) is 0 Å². The molecule has 1 aromatic carbocycles. The normalized spacial score (nSPS) is 10.9. The molecular weight excluding hydrogens is 231 g/mol. The molecule has 0 spiro atoms. The lowest BCUT2D eigenvalue weighted by Gasteiger charge is -2.09. The van der Waals surface area contributed by atoms with E-state index >= 15 is 0 Å². The molecule has 1 rings (SSSR count). The number of hydrogen-bond donors (Lipinski definition) is 1. The number of halogens is 7. The van der Waals surface area contributed by atoms with E-state index in [-0.39, 0.29) is 0 Å². The largest absolute Gasteiger partial charge is 0.325 e. The van der Waals surface area contributed by atoms with Gasteiger partial charge in [0.05, 0.1) is 0 Å². The van der Waals surface area contributed by atoms with Crippen LogP contribution in [-0.2, 0) is 0 Å². The molecule has 0 unspecified atom stereocenters. The van der Waals surface area contributed by atoms with Gasteiger partial charge in [-0.3, -0.25) is 0 Å². The summed E-state index contributed by atoms with van der Waals surface area (Å²) >= 11 is 0. The minimum Gasteiger partial charge on any atom is -0.325 e. The highest BCUT2D eigenvalue weighted by atomic mass is 19.3. The lowest BCUT2D eigenvalue weighted by atomic mass is 10.2. The highest BCUT2D eigenvalue weighted by Gasteiger charge is 2.26. The van der Waals surface area contributed by atoms with Crippen LogP contribution in [0.5, 0.6) is 0 Å². The van der Waals surface area contributed by atoms with Crippen LogP contribution in [0.1, 0.15) is 0 Å². The predicted molar refractivity (Wildman–Crippen MR) is 35.9 cm³/mol. The van der Waals surface area contributed by atoms with Gasteiger partial charge in [-0.15, -0.1) is 0 Å². The van der Waals surface area contributed by atoms with Gasteiger partial charge in [0.1, 0.15) is 5.69 Å². The molecule has 0 aromatic heterocycles. The highest BCUT2D eigenvalue weighted by Crippen LogP contribution is 2.27. The van der Waals surface area contributed by atoms with Crippen LogP contribution in [0.25, 0.3) is 0 Å². The van der Waals surface area contributed by atoms with Crippen LogP contribution >= 0.6 is 0 Å². The van der Waals surface area contributed by atoms with Gasteiger partial charge in [0, 0.05) is 0 Å². The van der Waals surface area contributed by atoms with Crippen LogP contribution in [0.4, 0.5) is 36.4 Å². The van der Waals surface area contributed by atoms with Crippen molar-refractivity contribution in [3.05, 3.63) is 29.1 Å². The molecule has 0 aliphatic carbocycles. The summed E-state index contributed by atoms with van der Waals surface area (Å²) in [6, 6.07) is 0. The van der Waals surface area contributed by atoms with Crippen LogP contribution < -0.4 is 5.32 Å². The van der Waals surface area contributed by atoms with Gasteiger partial charge in [-0.2, -0.15) is 8.78 Å². The standard InChI is InChI=1S/C7H2F7N/c8-1-2(9)4(11)6(15-7(13)14)5(12)3(1)10/h7,15H. The van der Waals surface area contributed by atoms with Crippen LogP contribution in [0.3, 0.4) is 0 Å². The minimum atomic E-state index is -3.45. The molecule has 8 heteroatoms. The molecule has 1 aromatic rings. The fourth-order valence-electron chi connectivity index (χ4n) is 0.841. The first kappa shape index (κ1) is 11.6. The van der Waals surface area contributed by atoms with E-state index in [9.17, 15) is 30.7 Å². The molecular formula is C7H2F7N. The van der Waals surface area contributed by atoms with Crippen molar-refractivity contribution in [2.24, 2.45) is 0 Å². The second-order valence-electron chi connectivity index (χ2n) is 2.39. The topological polar surface area (TPSA) is 12.0 Å². The van der Waals surface area contributed by atoms with Gasteiger partial charge in [0.2, 0.25) is 5.82 Å². The van der Waals surface area contributed by atoms with Crippen LogP contribution in [0.2, 0.25) is 0 Å². The van der Waals surface area contributed by atoms with E-state index in [1.165, 1.54) is 0 Å². The molecule has 1 nitrogen and oxygen atoms in total. The van der Waals surface area contributed by atoms with Gasteiger partial charge >= 0.3 is 6.55 Å². The molecule has 0 amide bonds. The zero-order valence-corrected chi connectivity index (χ0v) is 6.72. The summed E-state index contributed by atoms with van der Waals surface area (Å²) in [4.78, 5) is 0. The molecule has 0 radical (unpaired) electrons. The smallest absolute Gasteiger partial charge is 0.313 e. The van der Waals surface area contributed by atoms with Crippen molar-refractivity contribution in [3.8, 4) is 0 Å². The Bertz CT molecular complexity index is 360. The second-order valence-corrected chi connectivity index (χ2v) is 2.39. The first-order chi connectivity index (χ1) is 6.86. The van der Waals surface area contributed by atoms with Gasteiger partial charge in [-0.1, -0.05) is 0 Å². The Morgan fingerprint density at radius 3 is 1.33 bits per heavy atom. The fourth-order valence-corrected chi connectivity index (χ4v) is 0.841. The molecule has 0 saturated carbocycles. The highest BCUT2D eigenvalue weighted by molar-refractivity contribution is 5.47. The van der Waals surface area contributed by atoms with E-state index in [1.54, 1.807) is 0 Å². The average Bonchev–Trinajstić information content (AvgIpc) is 2.18. The second kappa shape index (κ2) is 3.95. The maximum absolute atomic E-state index is 12.6. The van der Waals surface area contributed by atoms with Crippen molar-refractivity contribution < 1.29 is 30.7 Å². The molecule has 0 bridgehead atoms. The maximum Gasteiger partial charge on any atom is 0.313 e. The van der Waals surface area contributed by atoms with Gasteiger partial charge in [-0.05, 0) is 0 Å². The Hall–Kier alpha value is -1.47. The molecule has 15 heavy (non-hydrogen) atoms. The Morgan fingerprint density at radius 2 is 1.00 bits per heavy atom. The van der Waals surface area contributed by atoms with E-state index in [1.807, 2.05) is 0 Å². The molecule has 0 saturated heterocycles. The van der Waals surface area contributed by atoms with Gasteiger partial charge in [0.25, 0.3) is 0 Å². The number of benzene rings is 1. The number of anilines is 1. The van der Waals surface area contributed by atoms with Crippen molar-refractivity contribution >= 4 is 5.69 Å². The third kappa shape index (κ3) is 1.97. The Balaban J connectivity index is 3.39. The lowest BCUT2D eigenvalue weighted by molar-refractivity contribution is 0.179. The molecule has 0 heterocycles. The maximum atomic E-state index is 12.6. The SMILES string of the molecule is Fc1c(F)c(F)c(NC(F)F)c(F)c1F. The Kier molecular flexibility index (Phi) is 3.06. The van der Waals surface area contributed by atoms with Crippen LogP contribution in [-0.4, -0.2) is 6.55 Å². The van der Waals surface area contributed by atoms with Crippen LogP contribution in [0, 0.1) is 29.1 Å². The van der Waals surface area contributed by atoms with Crippen molar-refractivity contribution in [3.63, 3.8) is 0 Å². The number of rotatable bonds is 2. The first-order valence-electron chi connectivity index (χ1n) is 3.42. The van der Waals surface area contributed by atoms with Crippen molar-refractivity contribution in [2.75, 3.05) is 5.32 Å². The molecule has 0 aliphatic heterocycles. The zero-order valence-electron chi connectivity index (χ0n) is 6.72. The van der Waals surface area contributed by atoms with E-state index in [0.29, 0.717) is 0 Å². The lowest BCUT2D eigenvalue weighted by Crippen LogP contribution is -2.13. The number of hydrogen-bond acceptors (Lipinski definition) is 1. The monoisotopic (exact) mass is 233 g/mol. The Morgan fingerprint density at radius 1 is 0.667 bits per heavy atom. The number of nitrogens with one attached hydrogen (secondary N) is 1. The molecule has 1 N–H and O–H groups in total. The van der Waals surface area contributed by atoms with Gasteiger partial charge < -0.3 is 5.32 Å². The van der Waals surface area contributed by atoms with Gasteiger partial charge in [0.15, 0.2) is 23.3 Å². The van der Waals surface area contributed by atoms with E-state index < -0.39 is 41.3 Å². The first-order valence-corrected chi connectivity index (χ1v) is 3.42.